The molecule has 13 heteroatoms. The summed E-state index contributed by atoms with van der Waals surface area (Å²) in [6.07, 6.45) is 1.22. The molecular formula is C10H9Br3N4O4S2. The lowest BCUT2D eigenvalue weighted by molar-refractivity contribution is 0.586. The monoisotopic (exact) mass is 550 g/mol. The fourth-order valence-electron chi connectivity index (χ4n) is 1.63. The smallest absolute Gasteiger partial charge is 0.257 e. The van der Waals surface area contributed by atoms with E-state index in [1.165, 1.54) is 24.0 Å². The first kappa shape index (κ1) is 18.8. The number of hydrogen-bond donors (Lipinski definition) is 1. The molecule has 0 N–H and O–H groups in total. The first-order chi connectivity index (χ1) is 10.6. The second kappa shape index (κ2) is 6.78. The summed E-state index contributed by atoms with van der Waals surface area (Å²) in [5, 5.41) is 6.94. The van der Waals surface area contributed by atoms with Gasteiger partial charge in [0.1, 0.15) is 6.33 Å². The maximum Gasteiger partial charge on any atom is 0.257 e. The molecule has 0 atom stereocenters. The van der Waals surface area contributed by atoms with Crippen molar-refractivity contribution in [3.05, 3.63) is 30.6 Å². The van der Waals surface area contributed by atoms with Crippen LogP contribution in [0.25, 0.3) is 5.69 Å². The van der Waals surface area contributed by atoms with Gasteiger partial charge in [0.05, 0.1) is 11.4 Å². The third kappa shape index (κ3) is 3.78. The molecule has 0 amide bonds. The molecule has 0 aliphatic rings. The highest BCUT2D eigenvalue weighted by Crippen LogP contribution is 2.42. The molecule has 0 aliphatic carbocycles. The number of sulfone groups is 1. The zero-order chi connectivity index (χ0) is 17.4. The number of hydrogen-bond acceptors (Lipinski definition) is 6. The second-order valence-corrected chi connectivity index (χ2v) is 15.6. The van der Waals surface area contributed by atoms with Crippen molar-refractivity contribution in [2.24, 2.45) is 0 Å². The van der Waals surface area contributed by atoms with Crippen LogP contribution in [0, 0.1) is 0 Å². The molecule has 1 aromatic heterocycles. The van der Waals surface area contributed by atoms with Crippen LogP contribution in [-0.4, -0.2) is 40.1 Å². The van der Waals surface area contributed by atoms with Crippen molar-refractivity contribution >= 4 is 74.2 Å². The Hall–Kier alpha value is -0.500. The molecule has 0 spiro atoms. The lowest BCUT2D eigenvalue weighted by Gasteiger charge is -2.15. The molecule has 1 heterocycles. The number of anilines is 1. The maximum atomic E-state index is 12.5. The Labute approximate surface area is 159 Å². The molecule has 0 aliphatic heterocycles. The highest BCUT2D eigenvalue weighted by Gasteiger charge is 2.41. The molecule has 0 unspecified atom stereocenters. The Morgan fingerprint density at radius 2 is 1.91 bits per heavy atom. The van der Waals surface area contributed by atoms with E-state index in [0.717, 1.165) is 4.31 Å². The van der Waals surface area contributed by atoms with E-state index in [1.807, 2.05) is 0 Å². The van der Waals surface area contributed by atoms with E-state index in [1.54, 1.807) is 18.2 Å². The van der Waals surface area contributed by atoms with Crippen LogP contribution in [0.2, 0.25) is 0 Å². The molecule has 0 fully saturated rings. The highest BCUT2D eigenvalue weighted by molar-refractivity contribution is 9.42. The van der Waals surface area contributed by atoms with Crippen molar-refractivity contribution in [3.63, 3.8) is 0 Å². The maximum absolute atomic E-state index is 12.5. The minimum Gasteiger partial charge on any atom is -0.275 e. The highest BCUT2D eigenvalue weighted by atomic mass is 80.0. The fraction of sp³-hybridized carbons (Fsp3) is 0.200. The lowest BCUT2D eigenvalue weighted by Crippen LogP contribution is -2.22. The summed E-state index contributed by atoms with van der Waals surface area (Å²) in [7, 11) is -5.38. The number of thiol groups is 1. The van der Waals surface area contributed by atoms with Gasteiger partial charge in [0.2, 0.25) is 22.2 Å². The van der Waals surface area contributed by atoms with E-state index < -0.39 is 22.2 Å². The van der Waals surface area contributed by atoms with Crippen LogP contribution in [0.1, 0.15) is 0 Å². The molecule has 8 nitrogen and oxygen atoms in total. The number of nitrogens with zero attached hydrogens (tertiary/aromatic N) is 4. The third-order valence-electron chi connectivity index (χ3n) is 2.79. The van der Waals surface area contributed by atoms with Gasteiger partial charge in [-0.25, -0.2) is 16.8 Å². The van der Waals surface area contributed by atoms with E-state index in [-0.39, 0.29) is 5.16 Å². The van der Waals surface area contributed by atoms with E-state index >= 15 is 0 Å². The quantitative estimate of drug-likeness (QED) is 0.458. The Kier molecular flexibility index (Phi) is 5.55. The molecule has 126 valence electrons. The zero-order valence-electron chi connectivity index (χ0n) is 11.3. The summed E-state index contributed by atoms with van der Waals surface area (Å²) in [6.45, 7) is 0. The minimum absolute atomic E-state index is 0.325. The number of rotatable bonds is 4. The van der Waals surface area contributed by atoms with Gasteiger partial charge in [0.15, 0.2) is 0 Å². The van der Waals surface area contributed by atoms with Crippen molar-refractivity contribution in [2.75, 3.05) is 11.4 Å². The Morgan fingerprint density at radius 3 is 2.48 bits per heavy atom. The normalized spacial score (nSPS) is 12.6. The molecule has 0 saturated heterocycles. The van der Waals surface area contributed by atoms with E-state index in [9.17, 15) is 16.8 Å². The van der Waals surface area contributed by atoms with Crippen molar-refractivity contribution in [2.45, 2.75) is 6.63 Å². The molecule has 0 radical (unpaired) electrons. The minimum atomic E-state index is -3.95. The Balaban J connectivity index is 2.59. The summed E-state index contributed by atoms with van der Waals surface area (Å²) in [4.78, 5) is 0. The van der Waals surface area contributed by atoms with Crippen molar-refractivity contribution in [3.8, 4) is 5.69 Å². The second-order valence-electron chi connectivity index (χ2n) is 4.21. The van der Waals surface area contributed by atoms with Crippen LogP contribution in [-0.2, 0) is 20.7 Å². The predicted molar refractivity (Wildman–Crippen MR) is 96.8 cm³/mol. The van der Waals surface area contributed by atoms with Gasteiger partial charge in [-0.3, -0.25) is 8.87 Å². The van der Waals surface area contributed by atoms with Gasteiger partial charge in [-0.05, 0) is 66.0 Å². The number of halogens is 3. The van der Waals surface area contributed by atoms with Crippen LogP contribution >= 0.6 is 47.8 Å². The molecule has 2 aromatic rings. The first-order valence-electron chi connectivity index (χ1n) is 5.75. The average Bonchev–Trinajstić information content (AvgIpc) is 2.95. The molecule has 1 aromatic carbocycles. The molecule has 2 rings (SSSR count). The van der Waals surface area contributed by atoms with Crippen molar-refractivity contribution < 1.29 is 16.8 Å². The molecule has 0 saturated carbocycles. The lowest BCUT2D eigenvalue weighted by atomic mass is 10.3. The van der Waals surface area contributed by atoms with E-state index in [4.69, 9.17) is 0 Å². The molecule has 23 heavy (non-hydrogen) atoms. The summed E-state index contributed by atoms with van der Waals surface area (Å²) in [5.41, 5.74) is 0.768. The Bertz CT molecular complexity index is 897. The first-order valence-corrected chi connectivity index (χ1v) is 10.7. The topological polar surface area (TPSA) is 102 Å². The van der Waals surface area contributed by atoms with E-state index in [0.29, 0.717) is 11.4 Å². The summed E-state index contributed by atoms with van der Waals surface area (Å²) < 4.78 is 47.8. The largest absolute Gasteiger partial charge is 0.275 e. The van der Waals surface area contributed by atoms with Gasteiger partial charge >= 0.3 is 0 Å². The van der Waals surface area contributed by atoms with E-state index in [2.05, 4.69) is 58.0 Å². The summed E-state index contributed by atoms with van der Waals surface area (Å²) in [5.74, 6) is 0. The summed E-state index contributed by atoms with van der Waals surface area (Å²) in [6, 6.07) is 6.29. The zero-order valence-corrected chi connectivity index (χ0v) is 17.8. The molecule has 0 bridgehead atoms. The average molecular weight is 553 g/mol. The van der Waals surface area contributed by atoms with Gasteiger partial charge in [0, 0.05) is 7.05 Å². The van der Waals surface area contributed by atoms with Gasteiger partial charge < -0.3 is 0 Å². The van der Waals surface area contributed by atoms with Gasteiger partial charge in [-0.15, -0.1) is 10.2 Å². The van der Waals surface area contributed by atoms with Crippen LogP contribution in [0.3, 0.4) is 0 Å². The number of alkyl halides is 3. The van der Waals surface area contributed by atoms with Crippen molar-refractivity contribution in [1.82, 2.24) is 14.8 Å². The van der Waals surface area contributed by atoms with Crippen LogP contribution in [0.5, 0.6) is 0 Å². The van der Waals surface area contributed by atoms with Crippen molar-refractivity contribution in [1.29, 1.82) is 0 Å². The number of benzene rings is 1. The van der Waals surface area contributed by atoms with Crippen LogP contribution < -0.4 is 4.31 Å². The van der Waals surface area contributed by atoms with Gasteiger partial charge in [0.25, 0.3) is 5.16 Å². The SMILES string of the molecule is CN(c1cccc(-n2cnnc2S(=O)(=O)C(Br)(Br)Br)c1)[SH](=O)=O. The van der Waals surface area contributed by atoms with Gasteiger partial charge in [-0.1, -0.05) is 6.07 Å². The fourth-order valence-corrected chi connectivity index (χ4v) is 4.02. The van der Waals surface area contributed by atoms with Crippen LogP contribution in [0.15, 0.2) is 35.7 Å². The third-order valence-corrected chi connectivity index (χ3v) is 8.71. The standard InChI is InChI=1S/C10H9Br3N4O4S2/c1-16(22(18)19)7-3-2-4-8(5-7)17-6-14-15-9(17)23(20,21)10(11,12)13/h2-6,22H,1H3. The molecular weight excluding hydrogens is 544 g/mol. The van der Waals surface area contributed by atoms with Gasteiger partial charge in [-0.2, -0.15) is 0 Å². The predicted octanol–water partition coefficient (Wildman–Crippen LogP) is 1.80. The van der Waals surface area contributed by atoms with Crippen LogP contribution in [0.4, 0.5) is 5.69 Å². The summed E-state index contributed by atoms with van der Waals surface area (Å²) >= 11 is 8.88. The Morgan fingerprint density at radius 1 is 1.26 bits per heavy atom. The number of aromatic nitrogens is 3.